The molecule has 1 aromatic heterocycles. The molecule has 0 radical (unpaired) electrons. The molecule has 1 aliphatic rings. The largest absolute Gasteiger partial charge is 0.494 e. The van der Waals surface area contributed by atoms with Crippen LogP contribution in [0.15, 0.2) is 28.7 Å². The maximum Gasteiger partial charge on any atom is 0.494 e. The van der Waals surface area contributed by atoms with Crippen molar-refractivity contribution in [2.45, 2.75) is 38.9 Å². The SMILES string of the molecule is CC1(C)OB(c2ccc(N)c(C=NNc3nc(N)cs3)c2)OC1(C)C. The number of thiazole rings is 1. The predicted octanol–water partition coefficient (Wildman–Crippen LogP) is 2.05. The molecule has 1 aromatic carbocycles. The minimum Gasteiger partial charge on any atom is -0.399 e. The number of benzene rings is 1. The van der Waals surface area contributed by atoms with E-state index in [1.165, 1.54) is 11.3 Å². The van der Waals surface area contributed by atoms with Crippen molar-refractivity contribution in [3.8, 4) is 0 Å². The highest BCUT2D eigenvalue weighted by molar-refractivity contribution is 7.14. The van der Waals surface area contributed by atoms with Crippen LogP contribution in [0.25, 0.3) is 0 Å². The third kappa shape index (κ3) is 3.63. The number of hydrazone groups is 1. The van der Waals surface area contributed by atoms with Gasteiger partial charge in [-0.05, 0) is 39.2 Å². The molecule has 9 heteroatoms. The zero-order valence-electron chi connectivity index (χ0n) is 14.7. The van der Waals surface area contributed by atoms with Gasteiger partial charge in [0.25, 0.3) is 0 Å². The topological polar surface area (TPSA) is 108 Å². The number of nitrogens with two attached hydrogens (primary N) is 2. The lowest BCUT2D eigenvalue weighted by atomic mass is 9.78. The third-order valence-corrected chi connectivity index (χ3v) is 5.29. The number of hydrogen-bond donors (Lipinski definition) is 3. The van der Waals surface area contributed by atoms with Crippen LogP contribution >= 0.6 is 11.3 Å². The molecule has 0 spiro atoms. The molecule has 0 atom stereocenters. The van der Waals surface area contributed by atoms with Crippen LogP contribution in [0.1, 0.15) is 33.3 Å². The standard InChI is InChI=1S/C16H22BN5O2S/c1-15(2)16(3,4)24-17(23-15)11-5-6-12(18)10(7-11)8-20-22-14-21-13(19)9-25-14/h5-9H,18-19H2,1-4H3,(H,21,22). The quantitative estimate of drug-likeness (QED) is 0.334. The lowest BCUT2D eigenvalue weighted by Gasteiger charge is -2.32. The second-order valence-corrected chi connectivity index (χ2v) is 7.78. The van der Waals surface area contributed by atoms with E-state index in [2.05, 4.69) is 15.5 Å². The molecule has 0 aliphatic carbocycles. The van der Waals surface area contributed by atoms with E-state index in [0.29, 0.717) is 16.6 Å². The van der Waals surface area contributed by atoms with Gasteiger partial charge in [-0.15, -0.1) is 11.3 Å². The lowest BCUT2D eigenvalue weighted by Crippen LogP contribution is -2.41. The van der Waals surface area contributed by atoms with Crippen molar-refractivity contribution >= 4 is 46.8 Å². The Morgan fingerprint density at radius 1 is 1.20 bits per heavy atom. The maximum absolute atomic E-state index is 6.08. The van der Waals surface area contributed by atoms with E-state index in [1.807, 2.05) is 45.9 Å². The van der Waals surface area contributed by atoms with Crippen LogP contribution in [0.5, 0.6) is 0 Å². The molecule has 3 rings (SSSR count). The van der Waals surface area contributed by atoms with Gasteiger partial charge in [0.1, 0.15) is 5.82 Å². The molecule has 25 heavy (non-hydrogen) atoms. The molecule has 2 aromatic rings. The highest BCUT2D eigenvalue weighted by Crippen LogP contribution is 2.36. The summed E-state index contributed by atoms with van der Waals surface area (Å²) in [7, 11) is -0.440. The van der Waals surface area contributed by atoms with Crippen molar-refractivity contribution in [1.29, 1.82) is 0 Å². The summed E-state index contributed by atoms with van der Waals surface area (Å²) >= 11 is 1.38. The van der Waals surface area contributed by atoms with Crippen LogP contribution in [0, 0.1) is 0 Å². The van der Waals surface area contributed by atoms with Crippen molar-refractivity contribution in [3.63, 3.8) is 0 Å². The Morgan fingerprint density at radius 2 is 1.88 bits per heavy atom. The minimum absolute atomic E-state index is 0.389. The third-order valence-electron chi connectivity index (χ3n) is 4.52. The van der Waals surface area contributed by atoms with Crippen molar-refractivity contribution in [3.05, 3.63) is 29.1 Å². The van der Waals surface area contributed by atoms with E-state index in [4.69, 9.17) is 20.8 Å². The average Bonchev–Trinajstić information content (AvgIpc) is 3.02. The van der Waals surface area contributed by atoms with E-state index in [0.717, 1.165) is 11.0 Å². The molecule has 1 saturated heterocycles. The average molecular weight is 359 g/mol. The molecule has 1 fully saturated rings. The van der Waals surface area contributed by atoms with E-state index >= 15 is 0 Å². The van der Waals surface area contributed by atoms with Gasteiger partial charge in [-0.25, -0.2) is 4.98 Å². The number of anilines is 3. The maximum atomic E-state index is 6.08. The molecule has 132 valence electrons. The molecular weight excluding hydrogens is 337 g/mol. The minimum atomic E-state index is -0.440. The Hall–Kier alpha value is -2.10. The van der Waals surface area contributed by atoms with E-state index < -0.39 is 7.12 Å². The van der Waals surface area contributed by atoms with Crippen molar-refractivity contribution in [2.24, 2.45) is 5.10 Å². The van der Waals surface area contributed by atoms with Gasteiger partial charge in [0.05, 0.1) is 17.4 Å². The van der Waals surface area contributed by atoms with Crippen molar-refractivity contribution in [1.82, 2.24) is 4.98 Å². The summed E-state index contributed by atoms with van der Waals surface area (Å²) in [5, 5.41) is 6.53. The predicted molar refractivity (Wildman–Crippen MR) is 104 cm³/mol. The van der Waals surface area contributed by atoms with Crippen molar-refractivity contribution in [2.75, 3.05) is 16.9 Å². The first-order valence-electron chi connectivity index (χ1n) is 7.93. The number of nitrogens with one attached hydrogen (secondary N) is 1. The molecule has 7 nitrogen and oxygen atoms in total. The Morgan fingerprint density at radius 3 is 2.48 bits per heavy atom. The van der Waals surface area contributed by atoms with Gasteiger partial charge in [-0.3, -0.25) is 5.43 Å². The molecule has 1 aliphatic heterocycles. The number of hydrogen-bond acceptors (Lipinski definition) is 8. The highest BCUT2D eigenvalue weighted by Gasteiger charge is 2.51. The van der Waals surface area contributed by atoms with Gasteiger partial charge in [0.15, 0.2) is 0 Å². The van der Waals surface area contributed by atoms with Crippen LogP contribution in [-0.4, -0.2) is 29.5 Å². The van der Waals surface area contributed by atoms with E-state index in [9.17, 15) is 0 Å². The first kappa shape index (κ1) is 17.7. The zero-order valence-corrected chi connectivity index (χ0v) is 15.6. The first-order chi connectivity index (χ1) is 11.7. The fraction of sp³-hybridized carbons (Fsp3) is 0.375. The summed E-state index contributed by atoms with van der Waals surface area (Å²) in [6.45, 7) is 8.10. The van der Waals surface area contributed by atoms with E-state index in [1.54, 1.807) is 11.6 Å². The van der Waals surface area contributed by atoms with Gasteiger partial charge in [-0.2, -0.15) is 5.10 Å². The summed E-state index contributed by atoms with van der Waals surface area (Å²) in [5.41, 5.74) is 16.0. The molecule has 5 N–H and O–H groups in total. The fourth-order valence-electron chi connectivity index (χ4n) is 2.33. The Bertz CT molecular complexity index is 790. The molecule has 2 heterocycles. The van der Waals surface area contributed by atoms with Gasteiger partial charge in [0, 0.05) is 16.6 Å². The fourth-order valence-corrected chi connectivity index (χ4v) is 2.87. The molecule has 0 saturated carbocycles. The van der Waals surface area contributed by atoms with Gasteiger partial charge in [0.2, 0.25) is 5.13 Å². The lowest BCUT2D eigenvalue weighted by molar-refractivity contribution is 0.00578. The van der Waals surface area contributed by atoms with Crippen LogP contribution in [0.2, 0.25) is 0 Å². The second kappa shape index (κ2) is 6.32. The number of nitrogens with zero attached hydrogens (tertiary/aromatic N) is 2. The summed E-state index contributed by atoms with van der Waals surface area (Å²) in [5.74, 6) is 0.463. The van der Waals surface area contributed by atoms with Gasteiger partial charge < -0.3 is 20.8 Å². The molecule has 0 unspecified atom stereocenters. The number of nitrogen functional groups attached to an aromatic ring is 2. The summed E-state index contributed by atoms with van der Waals surface area (Å²) in [6.07, 6.45) is 1.64. The number of rotatable bonds is 4. The van der Waals surface area contributed by atoms with Crippen LogP contribution < -0.4 is 22.4 Å². The zero-order chi connectivity index (χ0) is 18.2. The van der Waals surface area contributed by atoms with Crippen LogP contribution in [-0.2, 0) is 9.31 Å². The second-order valence-electron chi connectivity index (χ2n) is 6.92. The molecule has 0 amide bonds. The Labute approximate surface area is 151 Å². The van der Waals surface area contributed by atoms with Gasteiger partial charge in [-0.1, -0.05) is 12.1 Å². The van der Waals surface area contributed by atoms with Crippen LogP contribution in [0.3, 0.4) is 0 Å². The van der Waals surface area contributed by atoms with Gasteiger partial charge >= 0.3 is 7.12 Å². The van der Waals surface area contributed by atoms with Crippen LogP contribution in [0.4, 0.5) is 16.6 Å². The highest BCUT2D eigenvalue weighted by atomic mass is 32.1. The summed E-state index contributed by atoms with van der Waals surface area (Å²) < 4.78 is 12.2. The number of aromatic nitrogens is 1. The Balaban J connectivity index is 1.77. The summed E-state index contributed by atoms with van der Waals surface area (Å²) in [4.78, 5) is 4.08. The smallest absolute Gasteiger partial charge is 0.399 e. The monoisotopic (exact) mass is 359 g/mol. The van der Waals surface area contributed by atoms with Crippen molar-refractivity contribution < 1.29 is 9.31 Å². The Kier molecular flexibility index (Phi) is 4.48. The molecular formula is C16H22BN5O2S. The molecule has 0 bridgehead atoms. The summed E-state index contributed by atoms with van der Waals surface area (Å²) in [6, 6.07) is 5.64. The first-order valence-corrected chi connectivity index (χ1v) is 8.81. The van der Waals surface area contributed by atoms with E-state index in [-0.39, 0.29) is 11.2 Å². The normalized spacial score (nSPS) is 18.8.